The number of nitrogens with zero attached hydrogens (tertiary/aromatic N) is 2. The van der Waals surface area contributed by atoms with Crippen LogP contribution in [-0.2, 0) is 11.2 Å². The Balaban J connectivity index is 1.46. The summed E-state index contributed by atoms with van der Waals surface area (Å²) < 4.78 is 5.68. The van der Waals surface area contributed by atoms with Gasteiger partial charge >= 0.3 is 0 Å². The topological polar surface area (TPSA) is 36.9 Å². The zero-order chi connectivity index (χ0) is 17.1. The molecule has 136 valence electrons. The van der Waals surface area contributed by atoms with E-state index in [1.807, 2.05) is 0 Å². The van der Waals surface area contributed by atoms with Crippen LogP contribution in [0.1, 0.15) is 49.7 Å². The maximum Gasteiger partial charge on any atom is 0.193 e. The Labute approximate surface area is 151 Å². The summed E-state index contributed by atoms with van der Waals surface area (Å²) in [5, 5.41) is 3.53. The molecule has 2 aliphatic heterocycles. The molecular weight excluding hydrogens is 310 g/mol. The fourth-order valence-corrected chi connectivity index (χ4v) is 4.75. The zero-order valence-corrected chi connectivity index (χ0v) is 15.5. The van der Waals surface area contributed by atoms with Crippen LogP contribution in [0.2, 0.25) is 0 Å². The number of aliphatic imine (C=N–C) groups is 1. The molecule has 4 heteroatoms. The molecule has 2 heterocycles. The van der Waals surface area contributed by atoms with E-state index < -0.39 is 0 Å². The number of fused-ring (bicyclic) bond motifs is 1. The molecule has 0 radical (unpaired) electrons. The Hall–Kier alpha value is -1.55. The highest BCUT2D eigenvalue weighted by Gasteiger charge is 2.42. The van der Waals surface area contributed by atoms with Crippen molar-refractivity contribution in [2.45, 2.75) is 44.9 Å². The number of ether oxygens (including phenoxy) is 1. The molecule has 3 aliphatic rings. The molecule has 2 unspecified atom stereocenters. The van der Waals surface area contributed by atoms with Crippen LogP contribution in [0.25, 0.3) is 0 Å². The van der Waals surface area contributed by atoms with Gasteiger partial charge in [-0.2, -0.15) is 0 Å². The summed E-state index contributed by atoms with van der Waals surface area (Å²) in [6, 6.07) is 8.95. The maximum absolute atomic E-state index is 5.68. The Kier molecular flexibility index (Phi) is 4.98. The molecule has 2 atom stereocenters. The van der Waals surface area contributed by atoms with Crippen LogP contribution in [0.15, 0.2) is 29.3 Å². The number of hydrogen-bond acceptors (Lipinski definition) is 2. The van der Waals surface area contributed by atoms with Gasteiger partial charge in [-0.25, -0.2) is 0 Å². The Morgan fingerprint density at radius 2 is 2.28 bits per heavy atom. The Bertz CT molecular complexity index is 621. The summed E-state index contributed by atoms with van der Waals surface area (Å²) >= 11 is 0. The van der Waals surface area contributed by atoms with Crippen molar-refractivity contribution in [3.05, 3.63) is 35.4 Å². The third-order valence-electron chi connectivity index (χ3n) is 6.21. The quantitative estimate of drug-likeness (QED) is 0.678. The lowest BCUT2D eigenvalue weighted by Crippen LogP contribution is -2.41. The van der Waals surface area contributed by atoms with Crippen molar-refractivity contribution in [1.82, 2.24) is 10.2 Å². The fraction of sp³-hybridized carbons (Fsp3) is 0.667. The lowest BCUT2D eigenvalue weighted by molar-refractivity contribution is 0.156. The molecule has 1 aliphatic carbocycles. The largest absolute Gasteiger partial charge is 0.381 e. The van der Waals surface area contributed by atoms with E-state index in [9.17, 15) is 0 Å². The van der Waals surface area contributed by atoms with E-state index in [0.29, 0.717) is 11.3 Å². The molecule has 4 rings (SSSR count). The van der Waals surface area contributed by atoms with Gasteiger partial charge in [-0.3, -0.25) is 4.99 Å². The van der Waals surface area contributed by atoms with Gasteiger partial charge in [0.1, 0.15) is 0 Å². The van der Waals surface area contributed by atoms with Crippen molar-refractivity contribution in [3.63, 3.8) is 0 Å². The van der Waals surface area contributed by atoms with Crippen molar-refractivity contribution in [2.75, 3.05) is 39.4 Å². The summed E-state index contributed by atoms with van der Waals surface area (Å²) in [6.07, 6.45) is 6.23. The number of rotatable bonds is 3. The fourth-order valence-electron chi connectivity index (χ4n) is 4.75. The molecule has 2 fully saturated rings. The van der Waals surface area contributed by atoms with Gasteiger partial charge in [-0.1, -0.05) is 24.3 Å². The zero-order valence-electron chi connectivity index (χ0n) is 15.5. The van der Waals surface area contributed by atoms with Crippen LogP contribution >= 0.6 is 0 Å². The van der Waals surface area contributed by atoms with E-state index in [4.69, 9.17) is 9.73 Å². The van der Waals surface area contributed by atoms with Gasteiger partial charge in [0, 0.05) is 44.1 Å². The van der Waals surface area contributed by atoms with E-state index in [0.717, 1.165) is 45.4 Å². The van der Waals surface area contributed by atoms with E-state index in [1.165, 1.54) is 43.2 Å². The highest BCUT2D eigenvalue weighted by Crippen LogP contribution is 2.38. The van der Waals surface area contributed by atoms with Crippen molar-refractivity contribution >= 4 is 5.96 Å². The molecule has 25 heavy (non-hydrogen) atoms. The molecular formula is C21H31N3O. The molecule has 1 spiro atoms. The minimum absolute atomic E-state index is 0.383. The summed E-state index contributed by atoms with van der Waals surface area (Å²) in [5.74, 6) is 1.68. The van der Waals surface area contributed by atoms with E-state index in [-0.39, 0.29) is 0 Å². The highest BCUT2D eigenvalue weighted by molar-refractivity contribution is 5.80. The van der Waals surface area contributed by atoms with Crippen molar-refractivity contribution in [3.8, 4) is 0 Å². The van der Waals surface area contributed by atoms with Crippen LogP contribution < -0.4 is 5.32 Å². The second kappa shape index (κ2) is 7.36. The smallest absolute Gasteiger partial charge is 0.193 e. The van der Waals surface area contributed by atoms with Crippen molar-refractivity contribution in [1.29, 1.82) is 0 Å². The lowest BCUT2D eigenvalue weighted by Gasteiger charge is -2.27. The summed E-state index contributed by atoms with van der Waals surface area (Å²) in [6.45, 7) is 8.06. The van der Waals surface area contributed by atoms with Crippen LogP contribution in [0, 0.1) is 5.41 Å². The van der Waals surface area contributed by atoms with Gasteiger partial charge in [0.05, 0.1) is 6.61 Å². The van der Waals surface area contributed by atoms with Crippen LogP contribution in [0.3, 0.4) is 0 Å². The standard InChI is InChI=1S/C21H31N3O/c1-2-22-20(24-12-10-21(15-24)11-13-25-16-21)23-14-18-8-5-7-17-6-3-4-9-19(17)18/h3-4,6,9,18H,2,5,7-8,10-16H2,1H3,(H,22,23). The van der Waals surface area contributed by atoms with Crippen LogP contribution in [0.5, 0.6) is 0 Å². The van der Waals surface area contributed by atoms with Gasteiger partial charge in [0.25, 0.3) is 0 Å². The first-order valence-electron chi connectivity index (χ1n) is 9.98. The molecule has 1 aromatic carbocycles. The third kappa shape index (κ3) is 3.55. The first-order chi connectivity index (χ1) is 12.3. The van der Waals surface area contributed by atoms with Gasteiger partial charge < -0.3 is 15.0 Å². The second-order valence-electron chi connectivity index (χ2n) is 7.96. The lowest BCUT2D eigenvalue weighted by atomic mass is 9.83. The van der Waals surface area contributed by atoms with Gasteiger partial charge in [0.2, 0.25) is 0 Å². The molecule has 4 nitrogen and oxygen atoms in total. The van der Waals surface area contributed by atoms with Crippen LogP contribution in [0.4, 0.5) is 0 Å². The summed E-state index contributed by atoms with van der Waals surface area (Å²) in [4.78, 5) is 7.53. The first kappa shape index (κ1) is 16.9. The Morgan fingerprint density at radius 3 is 3.12 bits per heavy atom. The SMILES string of the molecule is CCNC(=NCC1CCCc2ccccc21)N1CCC2(CCOC2)C1. The number of benzene rings is 1. The predicted octanol–water partition coefficient (Wildman–Crippen LogP) is 3.18. The normalized spacial score (nSPS) is 29.2. The molecule has 0 aromatic heterocycles. The number of nitrogens with one attached hydrogen (secondary N) is 1. The molecule has 0 amide bonds. The minimum atomic E-state index is 0.383. The van der Waals surface area contributed by atoms with E-state index >= 15 is 0 Å². The van der Waals surface area contributed by atoms with E-state index in [2.05, 4.69) is 41.4 Å². The van der Waals surface area contributed by atoms with Gasteiger partial charge in [-0.15, -0.1) is 0 Å². The predicted molar refractivity (Wildman–Crippen MR) is 102 cm³/mol. The average Bonchev–Trinajstić information content (AvgIpc) is 3.29. The third-order valence-corrected chi connectivity index (χ3v) is 6.21. The average molecular weight is 341 g/mol. The molecule has 1 aromatic rings. The number of guanidine groups is 1. The molecule has 2 saturated heterocycles. The maximum atomic E-state index is 5.68. The monoisotopic (exact) mass is 341 g/mol. The number of likely N-dealkylation sites (tertiary alicyclic amines) is 1. The first-order valence-corrected chi connectivity index (χ1v) is 9.98. The highest BCUT2D eigenvalue weighted by atomic mass is 16.5. The number of aryl methyl sites for hydroxylation is 1. The van der Waals surface area contributed by atoms with Gasteiger partial charge in [0.15, 0.2) is 5.96 Å². The molecule has 0 bridgehead atoms. The second-order valence-corrected chi connectivity index (χ2v) is 7.96. The van der Waals surface area contributed by atoms with Crippen molar-refractivity contribution in [2.24, 2.45) is 10.4 Å². The van der Waals surface area contributed by atoms with Crippen molar-refractivity contribution < 1.29 is 4.74 Å². The summed E-state index contributed by atoms with van der Waals surface area (Å²) in [7, 11) is 0. The van der Waals surface area contributed by atoms with E-state index in [1.54, 1.807) is 0 Å². The van der Waals surface area contributed by atoms with Crippen LogP contribution in [-0.4, -0.2) is 50.3 Å². The number of hydrogen-bond donors (Lipinski definition) is 1. The minimum Gasteiger partial charge on any atom is -0.381 e. The molecule has 1 N–H and O–H groups in total. The van der Waals surface area contributed by atoms with Gasteiger partial charge in [-0.05, 0) is 50.2 Å². The Morgan fingerprint density at radius 1 is 1.36 bits per heavy atom. The molecule has 0 saturated carbocycles. The summed E-state index contributed by atoms with van der Waals surface area (Å²) in [5.41, 5.74) is 3.44.